The maximum atomic E-state index is 13.0. The number of ether oxygens (including phenoxy) is 2. The molecule has 11 heteroatoms. The monoisotopic (exact) mass is 486 g/mol. The van der Waals surface area contributed by atoms with Gasteiger partial charge in [-0.05, 0) is 40.5 Å². The number of carbonyl (C=O) groups is 1. The first kappa shape index (κ1) is 20.0. The van der Waals surface area contributed by atoms with Crippen LogP contribution in [0, 0.1) is 0 Å². The van der Waals surface area contributed by atoms with Gasteiger partial charge in [0.25, 0.3) is 0 Å². The van der Waals surface area contributed by atoms with Gasteiger partial charge in [0.2, 0.25) is 5.91 Å². The van der Waals surface area contributed by atoms with Gasteiger partial charge in [-0.2, -0.15) is 8.78 Å². The number of hydrogen-bond donors (Lipinski definition) is 1. The van der Waals surface area contributed by atoms with E-state index in [2.05, 4.69) is 25.9 Å². The first-order valence-electron chi connectivity index (χ1n) is 8.51. The van der Waals surface area contributed by atoms with E-state index < -0.39 is 24.5 Å². The molecule has 0 aliphatic heterocycles. The lowest BCUT2D eigenvalue weighted by atomic mass is 9.95. The van der Waals surface area contributed by atoms with Crippen LogP contribution in [0.2, 0.25) is 5.02 Å². The number of primary amides is 1. The summed E-state index contributed by atoms with van der Waals surface area (Å²) in [6, 6.07) is 4.47. The molecule has 2 atom stereocenters. The fraction of sp³-hybridized carbons (Fsp3) is 0.278. The van der Waals surface area contributed by atoms with Gasteiger partial charge in [0, 0.05) is 22.7 Å². The lowest BCUT2D eigenvalue weighted by Crippen LogP contribution is -2.19. The van der Waals surface area contributed by atoms with E-state index in [0.717, 1.165) is 5.69 Å². The number of imidazole rings is 1. The Balaban J connectivity index is 1.86. The molecule has 0 saturated heterocycles. The first-order valence-corrected chi connectivity index (χ1v) is 9.68. The molecule has 0 bridgehead atoms. The molecule has 0 fully saturated rings. The Morgan fingerprint density at radius 1 is 1.45 bits per heavy atom. The zero-order valence-corrected chi connectivity index (χ0v) is 17.0. The molecular weight excluding hydrogens is 474 g/mol. The van der Waals surface area contributed by atoms with Crippen LogP contribution in [0.1, 0.15) is 35.4 Å². The first-order chi connectivity index (χ1) is 13.8. The van der Waals surface area contributed by atoms with Crippen molar-refractivity contribution in [3.63, 3.8) is 0 Å². The minimum Gasteiger partial charge on any atom is -0.435 e. The summed E-state index contributed by atoms with van der Waals surface area (Å²) in [5.74, 6) is -1.02. The average Bonchev–Trinajstić information content (AvgIpc) is 3.18. The van der Waals surface area contributed by atoms with Crippen molar-refractivity contribution in [1.82, 2.24) is 14.4 Å². The Morgan fingerprint density at radius 3 is 2.97 bits per heavy atom. The third kappa shape index (κ3) is 3.92. The van der Waals surface area contributed by atoms with Gasteiger partial charge in [0.05, 0.1) is 17.6 Å². The van der Waals surface area contributed by atoms with E-state index in [0.29, 0.717) is 33.0 Å². The summed E-state index contributed by atoms with van der Waals surface area (Å²) in [7, 11) is 0. The minimum absolute atomic E-state index is 0.0129. The zero-order valence-electron chi connectivity index (χ0n) is 14.7. The summed E-state index contributed by atoms with van der Waals surface area (Å²) in [6.45, 7) is -3.28. The molecule has 3 aromatic rings. The average molecular weight is 488 g/mol. The molecule has 2 N–H and O–H groups in total. The van der Waals surface area contributed by atoms with E-state index in [1.807, 2.05) is 0 Å². The zero-order chi connectivity index (χ0) is 20.7. The third-order valence-electron chi connectivity index (χ3n) is 4.62. The van der Waals surface area contributed by atoms with E-state index in [1.165, 1.54) is 12.1 Å². The second-order valence-electron chi connectivity index (χ2n) is 6.44. The smallest absolute Gasteiger partial charge is 0.387 e. The fourth-order valence-corrected chi connectivity index (χ4v) is 4.07. The van der Waals surface area contributed by atoms with Crippen LogP contribution in [0.25, 0.3) is 5.65 Å². The highest BCUT2D eigenvalue weighted by atomic mass is 79.9. The Labute approximate surface area is 176 Å². The van der Waals surface area contributed by atoms with Crippen molar-refractivity contribution >= 4 is 39.1 Å². The number of hydrogen-bond acceptors (Lipinski definition) is 5. The molecule has 4 rings (SSSR count). The molecule has 0 saturated carbocycles. The lowest BCUT2D eigenvalue weighted by Gasteiger charge is -2.18. The molecule has 29 heavy (non-hydrogen) atoms. The normalized spacial score (nSPS) is 18.4. The molecule has 1 amide bonds. The highest BCUT2D eigenvalue weighted by Crippen LogP contribution is 2.48. The van der Waals surface area contributed by atoms with Crippen LogP contribution in [-0.4, -0.2) is 33.5 Å². The maximum absolute atomic E-state index is 13.0. The quantitative estimate of drug-likeness (QED) is 0.571. The predicted molar refractivity (Wildman–Crippen MR) is 103 cm³/mol. The molecule has 152 valence electrons. The van der Waals surface area contributed by atoms with Crippen LogP contribution < -0.4 is 10.5 Å². The molecule has 0 unspecified atom stereocenters. The van der Waals surface area contributed by atoms with Gasteiger partial charge in [-0.1, -0.05) is 11.6 Å². The summed E-state index contributed by atoms with van der Waals surface area (Å²) >= 11 is 9.47. The number of alkyl halides is 2. The second-order valence-corrected chi connectivity index (χ2v) is 7.68. The van der Waals surface area contributed by atoms with Crippen LogP contribution >= 0.6 is 27.5 Å². The number of carbonyl (C=O) groups excluding carboxylic acids is 1. The third-order valence-corrected chi connectivity index (χ3v) is 5.26. The Morgan fingerprint density at radius 2 is 2.24 bits per heavy atom. The summed E-state index contributed by atoms with van der Waals surface area (Å²) in [4.78, 5) is 19.9. The van der Waals surface area contributed by atoms with Crippen LogP contribution in [-0.2, 0) is 9.53 Å². The number of fused-ring (bicyclic) bond motifs is 3. The summed E-state index contributed by atoms with van der Waals surface area (Å²) in [5.41, 5.74) is 7.53. The topological polar surface area (TPSA) is 91.7 Å². The molecule has 1 aromatic carbocycles. The van der Waals surface area contributed by atoms with E-state index in [9.17, 15) is 13.6 Å². The van der Waals surface area contributed by atoms with E-state index in [1.54, 1.807) is 22.9 Å². The lowest BCUT2D eigenvalue weighted by molar-refractivity contribution is -0.124. The largest absolute Gasteiger partial charge is 0.435 e. The number of aromatic nitrogens is 3. The van der Waals surface area contributed by atoms with Gasteiger partial charge in [0.1, 0.15) is 23.1 Å². The number of amides is 1. The number of rotatable bonds is 6. The van der Waals surface area contributed by atoms with Crippen LogP contribution in [0.15, 0.2) is 35.2 Å². The van der Waals surface area contributed by atoms with Crippen molar-refractivity contribution in [2.24, 2.45) is 5.73 Å². The fourth-order valence-electron chi connectivity index (χ4n) is 3.59. The van der Waals surface area contributed by atoms with E-state index in [4.69, 9.17) is 26.8 Å². The second kappa shape index (κ2) is 7.85. The summed E-state index contributed by atoms with van der Waals surface area (Å²) in [6.07, 6.45) is 3.09. The highest BCUT2D eigenvalue weighted by molar-refractivity contribution is 9.10. The van der Waals surface area contributed by atoms with Gasteiger partial charge >= 0.3 is 6.61 Å². The molecular formula is C18H14BrClF2N4O3. The molecule has 0 spiro atoms. The van der Waals surface area contributed by atoms with E-state index >= 15 is 0 Å². The number of nitrogens with two attached hydrogens (primary N) is 1. The van der Waals surface area contributed by atoms with Crippen LogP contribution in [0.4, 0.5) is 8.78 Å². The number of nitrogens with zero attached hydrogens (tertiary/aromatic N) is 3. The van der Waals surface area contributed by atoms with Crippen LogP contribution in [0.3, 0.4) is 0 Å². The predicted octanol–water partition coefficient (Wildman–Crippen LogP) is 3.83. The summed E-state index contributed by atoms with van der Waals surface area (Å²) in [5, 5.41) is 0.376. The molecule has 1 aliphatic carbocycles. The van der Waals surface area contributed by atoms with E-state index in [-0.39, 0.29) is 12.4 Å². The minimum atomic E-state index is -2.99. The van der Waals surface area contributed by atoms with Crippen molar-refractivity contribution in [3.05, 3.63) is 57.2 Å². The van der Waals surface area contributed by atoms with Gasteiger partial charge in [-0.3, -0.25) is 9.20 Å². The van der Waals surface area contributed by atoms with Gasteiger partial charge in [-0.25, -0.2) is 9.97 Å². The van der Waals surface area contributed by atoms with Gasteiger partial charge < -0.3 is 15.2 Å². The van der Waals surface area contributed by atoms with Crippen molar-refractivity contribution in [3.8, 4) is 5.75 Å². The Hall–Kier alpha value is -2.30. The Bertz CT molecular complexity index is 1090. The molecule has 1 aliphatic rings. The Kier molecular flexibility index (Phi) is 5.41. The molecule has 7 nitrogen and oxygen atoms in total. The van der Waals surface area contributed by atoms with Crippen molar-refractivity contribution in [1.29, 1.82) is 0 Å². The maximum Gasteiger partial charge on any atom is 0.387 e. The van der Waals surface area contributed by atoms with Crippen LogP contribution in [0.5, 0.6) is 5.75 Å². The van der Waals surface area contributed by atoms with Gasteiger partial charge in [-0.15, -0.1) is 0 Å². The van der Waals surface area contributed by atoms with Crippen molar-refractivity contribution in [2.75, 3.05) is 6.61 Å². The standard InChI is InChI=1S/C18H14BrClF2N4O3/c19-13-6-26-15(5-24-13)25-16-12(28-7-14(23)27)4-10(17(16)26)9-3-8(20)1-2-11(9)29-18(21)22/h1-3,5-6,10,12,18H,4,7H2,(H2,23,27)/t10-,12-/m1/s1. The molecule has 0 radical (unpaired) electrons. The SMILES string of the molecule is NC(=O)CO[C@@H]1C[C@H](c2cc(Cl)ccc2OC(F)F)c2c1nc1cnc(Br)cn21. The number of halogens is 4. The summed E-state index contributed by atoms with van der Waals surface area (Å²) < 4.78 is 38.6. The molecule has 2 heterocycles. The number of benzene rings is 1. The van der Waals surface area contributed by atoms with Gasteiger partial charge in [0.15, 0.2) is 5.65 Å². The van der Waals surface area contributed by atoms with Crippen molar-refractivity contribution < 1.29 is 23.0 Å². The van der Waals surface area contributed by atoms with Crippen molar-refractivity contribution in [2.45, 2.75) is 25.1 Å². The molecule has 2 aromatic heterocycles. The highest BCUT2D eigenvalue weighted by Gasteiger charge is 2.39.